The third kappa shape index (κ3) is 4.23. The van der Waals surface area contributed by atoms with Crippen molar-refractivity contribution in [2.75, 3.05) is 5.75 Å². The van der Waals surface area contributed by atoms with Crippen LogP contribution in [0.2, 0.25) is 0 Å². The fraction of sp³-hybridized carbons (Fsp3) is 0.357. The first-order valence-electron chi connectivity index (χ1n) is 5.68. The van der Waals surface area contributed by atoms with Gasteiger partial charge in [-0.1, -0.05) is 50.3 Å². The number of thioether (sulfide) groups is 1. The summed E-state index contributed by atoms with van der Waals surface area (Å²) in [7, 11) is 0. The molecule has 0 amide bonds. The van der Waals surface area contributed by atoms with Crippen LogP contribution in [-0.2, 0) is 0 Å². The van der Waals surface area contributed by atoms with Gasteiger partial charge in [-0.15, -0.1) is 11.8 Å². The predicted molar refractivity (Wildman–Crippen MR) is 71.9 cm³/mol. The molecule has 1 aromatic carbocycles. The topological polar surface area (TPSA) is 17.1 Å². The number of Topliss-reactive ketones (excluding diaryl/α,β-unsaturated/α-hetero) is 1. The molecule has 0 saturated heterocycles. The first-order valence-corrected chi connectivity index (χ1v) is 6.66. The van der Waals surface area contributed by atoms with Crippen LogP contribution in [0.5, 0.6) is 0 Å². The number of carbonyl (C=O) groups is 1. The number of allylic oxidation sites excluding steroid dienone is 2. The van der Waals surface area contributed by atoms with E-state index in [-0.39, 0.29) is 5.78 Å². The van der Waals surface area contributed by atoms with E-state index in [2.05, 4.69) is 19.9 Å². The Morgan fingerprint density at radius 3 is 2.50 bits per heavy atom. The number of hydrogen-bond donors (Lipinski definition) is 0. The maximum absolute atomic E-state index is 11.8. The molecule has 1 nitrogen and oxygen atoms in total. The van der Waals surface area contributed by atoms with E-state index in [0.29, 0.717) is 5.75 Å². The van der Waals surface area contributed by atoms with Crippen molar-refractivity contribution in [3.8, 4) is 0 Å². The SMILES string of the molecule is CCC=C(CC)SCC(=O)c1ccccc1. The summed E-state index contributed by atoms with van der Waals surface area (Å²) < 4.78 is 0. The Balaban J connectivity index is 2.50. The van der Waals surface area contributed by atoms with E-state index in [4.69, 9.17) is 0 Å². The molecule has 1 rings (SSSR count). The molecular weight excluding hydrogens is 216 g/mol. The van der Waals surface area contributed by atoms with Crippen LogP contribution in [0.3, 0.4) is 0 Å². The second kappa shape index (κ2) is 7.29. The van der Waals surface area contributed by atoms with Gasteiger partial charge in [-0.05, 0) is 17.7 Å². The van der Waals surface area contributed by atoms with Crippen molar-refractivity contribution in [3.05, 3.63) is 46.9 Å². The molecule has 16 heavy (non-hydrogen) atoms. The van der Waals surface area contributed by atoms with Gasteiger partial charge in [-0.25, -0.2) is 0 Å². The van der Waals surface area contributed by atoms with E-state index in [1.165, 1.54) is 4.91 Å². The molecule has 0 unspecified atom stereocenters. The van der Waals surface area contributed by atoms with Crippen molar-refractivity contribution in [1.29, 1.82) is 0 Å². The van der Waals surface area contributed by atoms with Gasteiger partial charge in [0.15, 0.2) is 5.78 Å². The van der Waals surface area contributed by atoms with E-state index in [1.54, 1.807) is 11.8 Å². The second-order valence-corrected chi connectivity index (χ2v) is 4.61. The molecular formula is C14H18OS. The monoisotopic (exact) mass is 234 g/mol. The molecule has 0 radical (unpaired) electrons. The largest absolute Gasteiger partial charge is 0.293 e. The molecule has 0 aliphatic heterocycles. The quantitative estimate of drug-likeness (QED) is 0.682. The van der Waals surface area contributed by atoms with Crippen molar-refractivity contribution >= 4 is 17.5 Å². The Bertz CT molecular complexity index is 354. The van der Waals surface area contributed by atoms with Gasteiger partial charge in [-0.2, -0.15) is 0 Å². The van der Waals surface area contributed by atoms with E-state index in [0.717, 1.165) is 18.4 Å². The second-order valence-electron chi connectivity index (χ2n) is 3.51. The van der Waals surface area contributed by atoms with Gasteiger partial charge in [0.2, 0.25) is 0 Å². The average Bonchev–Trinajstić information content (AvgIpc) is 2.35. The lowest BCUT2D eigenvalue weighted by Gasteiger charge is -2.03. The molecule has 0 aliphatic rings. The van der Waals surface area contributed by atoms with Crippen molar-refractivity contribution in [2.24, 2.45) is 0 Å². The summed E-state index contributed by atoms with van der Waals surface area (Å²) >= 11 is 1.66. The van der Waals surface area contributed by atoms with Crippen LogP contribution in [0.4, 0.5) is 0 Å². The van der Waals surface area contributed by atoms with Gasteiger partial charge >= 0.3 is 0 Å². The maximum Gasteiger partial charge on any atom is 0.173 e. The summed E-state index contributed by atoms with van der Waals surface area (Å²) in [5.74, 6) is 0.755. The van der Waals surface area contributed by atoms with Crippen LogP contribution >= 0.6 is 11.8 Å². The average molecular weight is 234 g/mol. The highest BCUT2D eigenvalue weighted by Gasteiger charge is 2.05. The Labute approximate surface area is 102 Å². The Kier molecular flexibility index (Phi) is 5.94. The number of carbonyl (C=O) groups excluding carboxylic acids is 1. The van der Waals surface area contributed by atoms with Gasteiger partial charge in [0.1, 0.15) is 0 Å². The molecule has 0 fully saturated rings. The fourth-order valence-electron chi connectivity index (χ4n) is 1.40. The highest BCUT2D eigenvalue weighted by Crippen LogP contribution is 2.20. The normalized spacial score (nSPS) is 11.5. The van der Waals surface area contributed by atoms with E-state index in [1.807, 2.05) is 30.3 Å². The van der Waals surface area contributed by atoms with Crippen LogP contribution in [0.1, 0.15) is 37.0 Å². The van der Waals surface area contributed by atoms with E-state index >= 15 is 0 Å². The Hall–Kier alpha value is -1.02. The molecule has 0 saturated carbocycles. The zero-order chi connectivity index (χ0) is 11.8. The smallest absolute Gasteiger partial charge is 0.173 e. The lowest BCUT2D eigenvalue weighted by molar-refractivity contribution is 0.102. The first kappa shape index (κ1) is 13.0. The van der Waals surface area contributed by atoms with Crippen molar-refractivity contribution in [3.63, 3.8) is 0 Å². The van der Waals surface area contributed by atoms with Crippen LogP contribution < -0.4 is 0 Å². The lowest BCUT2D eigenvalue weighted by Crippen LogP contribution is -2.01. The summed E-state index contributed by atoms with van der Waals surface area (Å²) in [5, 5.41) is 0. The van der Waals surface area contributed by atoms with Gasteiger partial charge in [0.05, 0.1) is 5.75 Å². The Morgan fingerprint density at radius 1 is 1.25 bits per heavy atom. The number of ketones is 1. The van der Waals surface area contributed by atoms with Crippen LogP contribution in [0, 0.1) is 0 Å². The van der Waals surface area contributed by atoms with Gasteiger partial charge in [0, 0.05) is 5.56 Å². The summed E-state index contributed by atoms with van der Waals surface area (Å²) in [4.78, 5) is 13.1. The predicted octanol–water partition coefficient (Wildman–Crippen LogP) is 4.31. The van der Waals surface area contributed by atoms with Crippen molar-refractivity contribution < 1.29 is 4.79 Å². The number of rotatable bonds is 6. The number of benzene rings is 1. The highest BCUT2D eigenvalue weighted by atomic mass is 32.2. The van der Waals surface area contributed by atoms with E-state index in [9.17, 15) is 4.79 Å². The number of hydrogen-bond acceptors (Lipinski definition) is 2. The fourth-order valence-corrected chi connectivity index (χ4v) is 2.37. The maximum atomic E-state index is 11.8. The molecule has 86 valence electrons. The standard InChI is InChI=1S/C14H18OS/c1-3-8-13(4-2)16-11-14(15)12-9-6-5-7-10-12/h5-10H,3-4,11H2,1-2H3. The molecule has 0 spiro atoms. The van der Waals surface area contributed by atoms with Gasteiger partial charge in [-0.3, -0.25) is 4.79 Å². The molecule has 0 aromatic heterocycles. The molecule has 0 atom stereocenters. The zero-order valence-electron chi connectivity index (χ0n) is 9.90. The molecule has 0 N–H and O–H groups in total. The third-order valence-corrected chi connectivity index (χ3v) is 3.50. The van der Waals surface area contributed by atoms with E-state index < -0.39 is 0 Å². The van der Waals surface area contributed by atoms with Crippen LogP contribution in [0.25, 0.3) is 0 Å². The first-order chi connectivity index (χ1) is 7.77. The molecule has 2 heteroatoms. The molecule has 1 aromatic rings. The summed E-state index contributed by atoms with van der Waals surface area (Å²) in [6, 6.07) is 9.48. The summed E-state index contributed by atoms with van der Waals surface area (Å²) in [6.45, 7) is 4.25. The van der Waals surface area contributed by atoms with Crippen molar-refractivity contribution in [1.82, 2.24) is 0 Å². The summed E-state index contributed by atoms with van der Waals surface area (Å²) in [5.41, 5.74) is 0.807. The van der Waals surface area contributed by atoms with Crippen molar-refractivity contribution in [2.45, 2.75) is 26.7 Å². The zero-order valence-corrected chi connectivity index (χ0v) is 10.7. The molecule has 0 aliphatic carbocycles. The van der Waals surface area contributed by atoms with Gasteiger partial charge < -0.3 is 0 Å². The highest BCUT2D eigenvalue weighted by molar-refractivity contribution is 8.03. The molecule has 0 heterocycles. The minimum atomic E-state index is 0.209. The van der Waals surface area contributed by atoms with Crippen LogP contribution in [0.15, 0.2) is 41.3 Å². The van der Waals surface area contributed by atoms with Gasteiger partial charge in [0.25, 0.3) is 0 Å². The molecule has 0 bridgehead atoms. The summed E-state index contributed by atoms with van der Waals surface area (Å²) in [6.07, 6.45) is 4.25. The minimum Gasteiger partial charge on any atom is -0.293 e. The third-order valence-electron chi connectivity index (χ3n) is 2.26. The minimum absolute atomic E-state index is 0.209. The Morgan fingerprint density at radius 2 is 1.94 bits per heavy atom. The lowest BCUT2D eigenvalue weighted by atomic mass is 10.2. The van der Waals surface area contributed by atoms with Crippen LogP contribution in [-0.4, -0.2) is 11.5 Å².